The molecule has 4 nitrogen and oxygen atoms in total. The molecule has 0 radical (unpaired) electrons. The molecule has 134 valence electrons. The van der Waals surface area contributed by atoms with Crippen LogP contribution in [-0.4, -0.2) is 18.6 Å². The smallest absolute Gasteiger partial charge is 0.262 e. The van der Waals surface area contributed by atoms with Gasteiger partial charge in [-0.05, 0) is 43.0 Å². The lowest BCUT2D eigenvalue weighted by atomic mass is 9.86. The maximum atomic E-state index is 12.3. The number of hydrogen-bond acceptors (Lipinski definition) is 3. The van der Waals surface area contributed by atoms with Crippen molar-refractivity contribution in [2.75, 3.05) is 11.9 Å². The van der Waals surface area contributed by atoms with Gasteiger partial charge in [0.2, 0.25) is 0 Å². The molecular weight excluding hydrogens is 314 g/mol. The second-order valence-electron chi connectivity index (χ2n) is 7.25. The largest absolute Gasteiger partial charge is 0.489 e. The molecule has 0 bridgehead atoms. The highest BCUT2D eigenvalue weighted by molar-refractivity contribution is 5.93. The average molecular weight is 341 g/mol. The highest BCUT2D eigenvalue weighted by Crippen LogP contribution is 2.31. The Hall–Kier alpha value is -2.49. The Morgan fingerprint density at radius 3 is 2.24 bits per heavy atom. The molecule has 2 rings (SSSR count). The van der Waals surface area contributed by atoms with E-state index >= 15 is 0 Å². The van der Waals surface area contributed by atoms with Crippen molar-refractivity contribution in [2.24, 2.45) is 0 Å². The minimum Gasteiger partial charge on any atom is -0.489 e. The summed E-state index contributed by atoms with van der Waals surface area (Å²) in [5.41, 5.74) is 1.67. The summed E-state index contributed by atoms with van der Waals surface area (Å²) < 4.78 is 11.5. The van der Waals surface area contributed by atoms with Crippen molar-refractivity contribution in [1.29, 1.82) is 0 Å². The van der Waals surface area contributed by atoms with Crippen LogP contribution in [0.3, 0.4) is 0 Å². The van der Waals surface area contributed by atoms with Gasteiger partial charge in [0.25, 0.3) is 5.91 Å². The van der Waals surface area contributed by atoms with Crippen molar-refractivity contribution in [3.05, 3.63) is 54.1 Å². The summed E-state index contributed by atoms with van der Waals surface area (Å²) in [5, 5.41) is 2.86. The third-order valence-corrected chi connectivity index (χ3v) is 3.58. The van der Waals surface area contributed by atoms with Gasteiger partial charge in [0, 0.05) is 0 Å². The molecule has 0 spiro atoms. The van der Waals surface area contributed by atoms with Crippen LogP contribution < -0.4 is 14.8 Å². The van der Waals surface area contributed by atoms with Crippen LogP contribution in [0.2, 0.25) is 0 Å². The van der Waals surface area contributed by atoms with Crippen LogP contribution in [0.4, 0.5) is 5.69 Å². The number of carbonyl (C=O) groups excluding carboxylic acids is 1. The van der Waals surface area contributed by atoms with E-state index in [0.29, 0.717) is 11.4 Å². The predicted molar refractivity (Wildman–Crippen MR) is 101 cm³/mol. The van der Waals surface area contributed by atoms with E-state index in [1.54, 1.807) is 0 Å². The number of anilines is 1. The number of ether oxygens (including phenoxy) is 2. The Bertz CT molecular complexity index is 717. The summed E-state index contributed by atoms with van der Waals surface area (Å²) in [6.07, 6.45) is 0.0352. The van der Waals surface area contributed by atoms with Gasteiger partial charge in [-0.3, -0.25) is 4.79 Å². The first-order valence-electron chi connectivity index (χ1n) is 8.55. The zero-order chi connectivity index (χ0) is 18.4. The molecule has 0 heterocycles. The molecule has 1 amide bonds. The maximum Gasteiger partial charge on any atom is 0.262 e. The second kappa shape index (κ2) is 8.06. The molecule has 0 atom stereocenters. The lowest BCUT2D eigenvalue weighted by Crippen LogP contribution is -2.22. The van der Waals surface area contributed by atoms with Crippen molar-refractivity contribution < 1.29 is 14.3 Å². The second-order valence-corrected chi connectivity index (χ2v) is 7.25. The van der Waals surface area contributed by atoms with Crippen LogP contribution >= 0.6 is 0 Å². The number of para-hydroxylation sites is 3. The van der Waals surface area contributed by atoms with Crippen LogP contribution in [0.1, 0.15) is 40.2 Å². The molecule has 0 saturated heterocycles. The minimum atomic E-state index is -0.219. The van der Waals surface area contributed by atoms with Crippen LogP contribution in [-0.2, 0) is 10.2 Å². The van der Waals surface area contributed by atoms with Crippen molar-refractivity contribution in [1.82, 2.24) is 0 Å². The Morgan fingerprint density at radius 2 is 1.60 bits per heavy atom. The van der Waals surface area contributed by atoms with E-state index in [1.807, 2.05) is 62.4 Å². The summed E-state index contributed by atoms with van der Waals surface area (Å²) in [4.78, 5) is 12.3. The third-order valence-electron chi connectivity index (χ3n) is 3.58. The molecule has 1 N–H and O–H groups in total. The number of hydrogen-bond donors (Lipinski definition) is 1. The monoisotopic (exact) mass is 341 g/mol. The third kappa shape index (κ3) is 5.52. The molecule has 0 unspecified atom stereocenters. The van der Waals surface area contributed by atoms with E-state index in [-0.39, 0.29) is 24.0 Å². The molecule has 0 aliphatic carbocycles. The van der Waals surface area contributed by atoms with Gasteiger partial charge in [-0.1, -0.05) is 51.1 Å². The van der Waals surface area contributed by atoms with Crippen LogP contribution in [0.25, 0.3) is 0 Å². The van der Waals surface area contributed by atoms with Gasteiger partial charge in [-0.25, -0.2) is 0 Å². The first kappa shape index (κ1) is 18.8. The van der Waals surface area contributed by atoms with Crippen molar-refractivity contribution in [3.8, 4) is 11.5 Å². The number of nitrogens with one attached hydrogen (secondary N) is 1. The van der Waals surface area contributed by atoms with E-state index < -0.39 is 0 Å². The van der Waals surface area contributed by atoms with Gasteiger partial charge in [0.05, 0.1) is 11.8 Å². The molecular formula is C21H27NO3. The fraction of sp³-hybridized carbons (Fsp3) is 0.381. The highest BCUT2D eigenvalue weighted by atomic mass is 16.5. The molecule has 25 heavy (non-hydrogen) atoms. The fourth-order valence-corrected chi connectivity index (χ4v) is 2.47. The molecule has 0 aliphatic heterocycles. The van der Waals surface area contributed by atoms with Crippen molar-refractivity contribution in [3.63, 3.8) is 0 Å². The zero-order valence-corrected chi connectivity index (χ0v) is 15.6. The average Bonchev–Trinajstić information content (AvgIpc) is 2.54. The van der Waals surface area contributed by atoms with Gasteiger partial charge in [-0.15, -0.1) is 0 Å². The lowest BCUT2D eigenvalue weighted by molar-refractivity contribution is -0.118. The van der Waals surface area contributed by atoms with Crippen LogP contribution in [0.5, 0.6) is 11.5 Å². The molecule has 2 aromatic rings. The SMILES string of the molecule is CC(C)Oc1ccccc1NC(=O)COc1ccccc1C(C)(C)C. The number of amides is 1. The molecule has 0 aromatic heterocycles. The van der Waals surface area contributed by atoms with Crippen LogP contribution in [0.15, 0.2) is 48.5 Å². The van der Waals surface area contributed by atoms with E-state index in [1.165, 1.54) is 0 Å². The number of benzene rings is 2. The van der Waals surface area contributed by atoms with Gasteiger partial charge < -0.3 is 14.8 Å². The van der Waals surface area contributed by atoms with Gasteiger partial charge in [-0.2, -0.15) is 0 Å². The Labute approximate surface area is 150 Å². The normalized spacial score (nSPS) is 11.3. The predicted octanol–water partition coefficient (Wildman–Crippen LogP) is 4.79. The minimum absolute atomic E-state index is 0.0352. The van der Waals surface area contributed by atoms with Gasteiger partial charge >= 0.3 is 0 Å². The summed E-state index contributed by atoms with van der Waals surface area (Å²) in [6.45, 7) is 10.2. The first-order valence-corrected chi connectivity index (χ1v) is 8.55. The summed E-state index contributed by atoms with van der Waals surface area (Å²) >= 11 is 0. The topological polar surface area (TPSA) is 47.6 Å². The molecule has 4 heteroatoms. The summed E-state index contributed by atoms with van der Waals surface area (Å²) in [6, 6.07) is 15.2. The van der Waals surface area contributed by atoms with E-state index in [4.69, 9.17) is 9.47 Å². The quantitative estimate of drug-likeness (QED) is 0.822. The molecule has 2 aromatic carbocycles. The highest BCUT2D eigenvalue weighted by Gasteiger charge is 2.19. The Kier molecular flexibility index (Phi) is 6.07. The van der Waals surface area contributed by atoms with Crippen molar-refractivity contribution >= 4 is 11.6 Å². The summed E-state index contributed by atoms with van der Waals surface area (Å²) in [7, 11) is 0. The number of rotatable bonds is 6. The van der Waals surface area contributed by atoms with E-state index in [0.717, 1.165) is 11.3 Å². The molecule has 0 fully saturated rings. The zero-order valence-electron chi connectivity index (χ0n) is 15.6. The molecule has 0 aliphatic rings. The maximum absolute atomic E-state index is 12.3. The van der Waals surface area contributed by atoms with Crippen LogP contribution in [0, 0.1) is 0 Å². The first-order chi connectivity index (χ1) is 11.8. The lowest BCUT2D eigenvalue weighted by Gasteiger charge is -2.22. The Morgan fingerprint density at radius 1 is 1.00 bits per heavy atom. The number of carbonyl (C=O) groups is 1. The molecule has 0 saturated carbocycles. The summed E-state index contributed by atoms with van der Waals surface area (Å²) in [5.74, 6) is 1.17. The van der Waals surface area contributed by atoms with E-state index in [2.05, 4.69) is 26.1 Å². The van der Waals surface area contributed by atoms with Gasteiger partial charge in [0.15, 0.2) is 6.61 Å². The standard InChI is InChI=1S/C21H27NO3/c1-15(2)25-19-13-9-7-11-17(19)22-20(23)14-24-18-12-8-6-10-16(18)21(3,4)5/h6-13,15H,14H2,1-5H3,(H,22,23). The Balaban J connectivity index is 2.03. The van der Waals surface area contributed by atoms with Gasteiger partial charge in [0.1, 0.15) is 11.5 Å². The van der Waals surface area contributed by atoms with Crippen molar-refractivity contribution in [2.45, 2.75) is 46.1 Å². The fourth-order valence-electron chi connectivity index (χ4n) is 2.47. The van der Waals surface area contributed by atoms with E-state index in [9.17, 15) is 4.79 Å².